The number of halogens is 4. The largest absolute Gasteiger partial charge is 0.367 e. The molecule has 0 aliphatic carbocycles. The highest BCUT2D eigenvalue weighted by Crippen LogP contribution is 2.56. The van der Waals surface area contributed by atoms with E-state index in [1.165, 1.54) is 34.8 Å². The van der Waals surface area contributed by atoms with E-state index in [2.05, 4.69) is 15.0 Å². The van der Waals surface area contributed by atoms with Gasteiger partial charge in [0.15, 0.2) is 11.6 Å². The zero-order chi connectivity index (χ0) is 21.8. The Hall–Kier alpha value is -1.55. The maximum atomic E-state index is 14.4. The molecule has 10 heteroatoms. The van der Waals surface area contributed by atoms with Gasteiger partial charge in [-0.3, -0.25) is 4.90 Å². The van der Waals surface area contributed by atoms with Gasteiger partial charge in [-0.1, -0.05) is 11.6 Å². The van der Waals surface area contributed by atoms with Gasteiger partial charge in [-0.2, -0.15) is 5.10 Å². The summed E-state index contributed by atoms with van der Waals surface area (Å²) in [7, 11) is 0. The molecule has 0 N–H and O–H groups in total. The summed E-state index contributed by atoms with van der Waals surface area (Å²) in [6, 6.07) is 2.89. The molecule has 0 radical (unpaired) electrons. The van der Waals surface area contributed by atoms with Crippen LogP contribution in [0.3, 0.4) is 0 Å². The Labute approximate surface area is 187 Å². The monoisotopic (exact) mass is 470 g/mol. The second kappa shape index (κ2) is 7.79. The van der Waals surface area contributed by atoms with Gasteiger partial charge in [0.1, 0.15) is 6.61 Å². The summed E-state index contributed by atoms with van der Waals surface area (Å²) < 4.78 is 50.5. The first-order valence-corrected chi connectivity index (χ1v) is 11.5. The molecule has 0 bridgehead atoms. The lowest BCUT2D eigenvalue weighted by Gasteiger charge is -2.51. The summed E-state index contributed by atoms with van der Waals surface area (Å²) in [6.45, 7) is 3.41. The van der Waals surface area contributed by atoms with Crippen LogP contribution in [0.15, 0.2) is 35.0 Å². The topological polar surface area (TPSA) is 43.2 Å². The molecule has 0 saturated carbocycles. The minimum absolute atomic E-state index is 0.166. The molecule has 2 saturated heterocycles. The lowest BCUT2D eigenvalue weighted by atomic mass is 9.77. The summed E-state index contributed by atoms with van der Waals surface area (Å²) >= 11 is 7.43. The molecule has 3 aliphatic heterocycles. The molecular formula is C21H22ClF3N4OS. The van der Waals surface area contributed by atoms with Gasteiger partial charge in [0, 0.05) is 37.6 Å². The molecule has 2 fully saturated rings. The molecule has 5 heterocycles. The van der Waals surface area contributed by atoms with E-state index in [-0.39, 0.29) is 11.1 Å². The van der Waals surface area contributed by atoms with Gasteiger partial charge in [0.2, 0.25) is 0 Å². The quantitative estimate of drug-likeness (QED) is 0.659. The van der Waals surface area contributed by atoms with Gasteiger partial charge in [0.05, 0.1) is 26.8 Å². The minimum Gasteiger partial charge on any atom is -0.367 e. The fourth-order valence-electron chi connectivity index (χ4n) is 4.72. The molecule has 2 unspecified atom stereocenters. The van der Waals surface area contributed by atoms with Crippen LogP contribution in [0.25, 0.3) is 5.82 Å². The van der Waals surface area contributed by atoms with Gasteiger partial charge in [-0.15, -0.1) is 11.8 Å². The van der Waals surface area contributed by atoms with E-state index in [1.807, 2.05) is 6.92 Å². The third-order valence-electron chi connectivity index (χ3n) is 6.49. The van der Waals surface area contributed by atoms with Crippen molar-refractivity contribution >= 4 is 23.4 Å². The highest BCUT2D eigenvalue weighted by Gasteiger charge is 2.60. The van der Waals surface area contributed by atoms with Gasteiger partial charge < -0.3 is 4.74 Å². The fraction of sp³-hybridized carbons (Fsp3) is 0.524. The van der Waals surface area contributed by atoms with E-state index in [4.69, 9.17) is 16.3 Å². The standard InChI is InChI=1S/C21H22ClF3N4OS/c1-13-14(11-29(27-13)19-16(23)3-2-6-26-19)10-28-7-4-20(5-8-28)18-15(9-17(22)31-18)21(24,25)12-30-20/h2-3,6,9,11,15,18H,4-5,7-8,10,12H2,1H3. The van der Waals surface area contributed by atoms with Crippen LogP contribution < -0.4 is 0 Å². The number of nitrogens with zero attached hydrogens (tertiary/aromatic N) is 4. The van der Waals surface area contributed by atoms with Crippen molar-refractivity contribution < 1.29 is 17.9 Å². The Morgan fingerprint density at radius 2 is 2.10 bits per heavy atom. The summed E-state index contributed by atoms with van der Waals surface area (Å²) in [6.07, 6.45) is 6.16. The molecule has 5 nitrogen and oxygen atoms in total. The number of aromatic nitrogens is 3. The van der Waals surface area contributed by atoms with Crippen LogP contribution in [0.2, 0.25) is 0 Å². The second-order valence-electron chi connectivity index (χ2n) is 8.42. The summed E-state index contributed by atoms with van der Waals surface area (Å²) in [5.74, 6) is -4.03. The van der Waals surface area contributed by atoms with E-state index < -0.39 is 29.9 Å². The number of aryl methyl sites for hydroxylation is 1. The number of allylic oxidation sites excluding steroid dienone is 1. The van der Waals surface area contributed by atoms with E-state index in [0.717, 1.165) is 24.3 Å². The number of pyridine rings is 1. The van der Waals surface area contributed by atoms with Crippen LogP contribution in [-0.2, 0) is 11.3 Å². The average molecular weight is 471 g/mol. The van der Waals surface area contributed by atoms with E-state index in [0.29, 0.717) is 23.8 Å². The molecule has 0 aromatic carbocycles. The number of hydrogen-bond acceptors (Lipinski definition) is 5. The highest BCUT2D eigenvalue weighted by molar-refractivity contribution is 8.05. The highest BCUT2D eigenvalue weighted by atomic mass is 35.5. The van der Waals surface area contributed by atoms with Crippen molar-refractivity contribution in [2.24, 2.45) is 5.92 Å². The Morgan fingerprint density at radius 3 is 2.84 bits per heavy atom. The van der Waals surface area contributed by atoms with E-state index in [9.17, 15) is 13.2 Å². The summed E-state index contributed by atoms with van der Waals surface area (Å²) in [4.78, 5) is 6.33. The predicted octanol–water partition coefficient (Wildman–Crippen LogP) is 4.53. The maximum absolute atomic E-state index is 14.4. The Bertz CT molecular complexity index is 1020. The van der Waals surface area contributed by atoms with Crippen molar-refractivity contribution in [3.05, 3.63) is 52.0 Å². The maximum Gasteiger partial charge on any atom is 0.278 e. The van der Waals surface area contributed by atoms with Crippen LogP contribution in [-0.4, -0.2) is 56.1 Å². The number of ether oxygens (including phenoxy) is 1. The minimum atomic E-state index is -2.89. The number of piperidine rings is 1. The van der Waals surface area contributed by atoms with Crippen LogP contribution in [0.1, 0.15) is 24.1 Å². The second-order valence-corrected chi connectivity index (χ2v) is 10.2. The molecule has 2 atom stereocenters. The molecule has 5 rings (SSSR count). The molecule has 31 heavy (non-hydrogen) atoms. The Morgan fingerprint density at radius 1 is 1.32 bits per heavy atom. The normalized spacial score (nSPS) is 27.3. The first-order chi connectivity index (χ1) is 14.8. The van der Waals surface area contributed by atoms with Crippen LogP contribution in [0, 0.1) is 18.7 Å². The van der Waals surface area contributed by atoms with Gasteiger partial charge in [-0.25, -0.2) is 22.8 Å². The summed E-state index contributed by atoms with van der Waals surface area (Å²) in [5.41, 5.74) is 1.20. The predicted molar refractivity (Wildman–Crippen MR) is 113 cm³/mol. The summed E-state index contributed by atoms with van der Waals surface area (Å²) in [5, 5.41) is 4.05. The number of likely N-dealkylation sites (tertiary alicyclic amines) is 1. The third kappa shape index (κ3) is 3.79. The van der Waals surface area contributed by atoms with Crippen molar-refractivity contribution in [3.8, 4) is 5.82 Å². The lowest BCUT2D eigenvalue weighted by molar-refractivity contribution is -0.215. The van der Waals surface area contributed by atoms with Gasteiger partial charge in [-0.05, 0) is 38.0 Å². The molecule has 166 valence electrons. The zero-order valence-corrected chi connectivity index (χ0v) is 18.5. The molecule has 2 aromatic rings. The lowest BCUT2D eigenvalue weighted by Crippen LogP contribution is -2.61. The van der Waals surface area contributed by atoms with E-state index >= 15 is 0 Å². The number of alkyl halides is 2. The number of fused-ring (bicyclic) bond motifs is 2. The van der Waals surface area contributed by atoms with Crippen LogP contribution in [0.4, 0.5) is 13.2 Å². The first-order valence-electron chi connectivity index (χ1n) is 10.2. The SMILES string of the molecule is Cc1nn(-c2ncccc2F)cc1CN1CCC2(CC1)OCC(F)(F)C1C=C(Cl)SC12. The number of thioether (sulfide) groups is 1. The van der Waals surface area contributed by atoms with Crippen molar-refractivity contribution in [1.82, 2.24) is 19.7 Å². The van der Waals surface area contributed by atoms with Crippen molar-refractivity contribution in [2.75, 3.05) is 19.7 Å². The average Bonchev–Trinajstić information content (AvgIpc) is 3.31. The van der Waals surface area contributed by atoms with E-state index in [1.54, 1.807) is 12.3 Å². The molecule has 0 amide bonds. The number of rotatable bonds is 3. The van der Waals surface area contributed by atoms with Crippen molar-refractivity contribution in [3.63, 3.8) is 0 Å². The van der Waals surface area contributed by atoms with Gasteiger partial charge in [0.25, 0.3) is 5.92 Å². The smallest absolute Gasteiger partial charge is 0.278 e. The fourth-order valence-corrected chi connectivity index (χ4v) is 6.56. The van der Waals surface area contributed by atoms with Crippen LogP contribution in [0.5, 0.6) is 0 Å². The van der Waals surface area contributed by atoms with Crippen LogP contribution >= 0.6 is 23.4 Å². The number of hydrogen-bond donors (Lipinski definition) is 0. The molecule has 2 aromatic heterocycles. The Kier molecular flexibility index (Phi) is 5.36. The third-order valence-corrected chi connectivity index (χ3v) is 8.22. The molecule has 1 spiro atoms. The molecular weight excluding hydrogens is 449 g/mol. The first kappa shape index (κ1) is 21.3. The molecule has 3 aliphatic rings. The zero-order valence-electron chi connectivity index (χ0n) is 16.9. The van der Waals surface area contributed by atoms with Crippen molar-refractivity contribution in [1.29, 1.82) is 0 Å². The Balaban J connectivity index is 1.28. The van der Waals surface area contributed by atoms with Gasteiger partial charge >= 0.3 is 0 Å². The van der Waals surface area contributed by atoms with Crippen molar-refractivity contribution in [2.45, 2.75) is 43.1 Å².